The fourth-order valence-corrected chi connectivity index (χ4v) is 6.57. The molecule has 0 spiro atoms. The Morgan fingerprint density at radius 2 is 0.786 bits per heavy atom. The van der Waals surface area contributed by atoms with Crippen LogP contribution in [-0.2, 0) is 17.7 Å². The molecular weight excluding hydrogens is 368 g/mol. The van der Waals surface area contributed by atoms with Crippen LogP contribution in [0.15, 0.2) is 0 Å². The van der Waals surface area contributed by atoms with Gasteiger partial charge in [0.1, 0.15) is 0 Å². The highest BCUT2D eigenvalue weighted by Gasteiger charge is 2.57. The lowest BCUT2D eigenvalue weighted by Crippen LogP contribution is -2.62. The molecular formula is C23H50O4Si. The van der Waals surface area contributed by atoms with Crippen LogP contribution in [0.4, 0.5) is 0 Å². The molecule has 0 amide bonds. The second-order valence-corrected chi connectivity index (χ2v) is 10.7. The average molecular weight is 419 g/mol. The molecule has 0 aromatic carbocycles. The third-order valence-electron chi connectivity index (χ3n) is 6.82. The molecule has 0 bridgehead atoms. The molecule has 0 heterocycles. The summed E-state index contributed by atoms with van der Waals surface area (Å²) in [6.45, 7) is 23.8. The van der Waals surface area contributed by atoms with Crippen molar-refractivity contribution in [1.82, 2.24) is 0 Å². The SMILES string of the molecule is CCC(CC)O[Si](OC(C)(CC)CC)(OC(C)(CC)CC)OC(C)(CC)CC. The quantitative estimate of drug-likeness (QED) is 0.244. The van der Waals surface area contributed by atoms with E-state index in [2.05, 4.69) is 76.2 Å². The van der Waals surface area contributed by atoms with Crippen LogP contribution in [0.1, 0.15) is 128 Å². The van der Waals surface area contributed by atoms with E-state index < -0.39 is 9.05 Å². The van der Waals surface area contributed by atoms with E-state index in [0.29, 0.717) is 0 Å². The summed E-state index contributed by atoms with van der Waals surface area (Å²) in [4.78, 5) is 0. The second kappa shape index (κ2) is 12.0. The predicted octanol–water partition coefficient (Wildman–Crippen LogP) is 7.41. The molecule has 0 N–H and O–H groups in total. The Morgan fingerprint density at radius 1 is 0.536 bits per heavy atom. The van der Waals surface area contributed by atoms with Gasteiger partial charge in [-0.3, -0.25) is 0 Å². The van der Waals surface area contributed by atoms with Gasteiger partial charge in [0.25, 0.3) is 0 Å². The van der Waals surface area contributed by atoms with Gasteiger partial charge in [0, 0.05) is 0 Å². The van der Waals surface area contributed by atoms with Crippen molar-refractivity contribution in [2.24, 2.45) is 0 Å². The summed E-state index contributed by atoms with van der Waals surface area (Å²) >= 11 is 0. The molecule has 4 nitrogen and oxygen atoms in total. The topological polar surface area (TPSA) is 36.9 Å². The fraction of sp³-hybridized carbons (Fsp3) is 1.00. The maximum atomic E-state index is 6.83. The molecule has 0 aliphatic heterocycles. The minimum absolute atomic E-state index is 0.0700. The standard InChI is InChI=1S/C23H50O4Si/c1-12-20(13-2)24-28(25-21(9,14-3)15-4,26-22(10,16-5)17-6)27-23(11,18-7)19-8/h20H,12-19H2,1-11H3. The van der Waals surface area contributed by atoms with Gasteiger partial charge in [0.15, 0.2) is 0 Å². The highest BCUT2D eigenvalue weighted by Crippen LogP contribution is 2.37. The van der Waals surface area contributed by atoms with Crippen molar-refractivity contribution in [3.63, 3.8) is 0 Å². The molecule has 5 heteroatoms. The smallest absolute Gasteiger partial charge is 0.348 e. The largest absolute Gasteiger partial charge is 0.681 e. The first-order chi connectivity index (χ1) is 13.0. The molecule has 0 aliphatic carbocycles. The van der Waals surface area contributed by atoms with Crippen molar-refractivity contribution in [3.8, 4) is 0 Å². The molecule has 0 unspecified atom stereocenters. The monoisotopic (exact) mass is 418 g/mol. The summed E-state index contributed by atoms with van der Waals surface area (Å²) in [5.74, 6) is 0. The summed E-state index contributed by atoms with van der Waals surface area (Å²) in [6.07, 6.45) is 7.24. The van der Waals surface area contributed by atoms with Gasteiger partial charge in [-0.2, -0.15) is 0 Å². The molecule has 0 rings (SSSR count). The molecule has 0 saturated carbocycles. The van der Waals surface area contributed by atoms with Crippen LogP contribution in [0.25, 0.3) is 0 Å². The Labute approximate surface area is 177 Å². The zero-order valence-corrected chi connectivity index (χ0v) is 21.9. The van der Waals surface area contributed by atoms with E-state index in [-0.39, 0.29) is 22.9 Å². The van der Waals surface area contributed by atoms with Gasteiger partial charge in [0.2, 0.25) is 0 Å². The highest BCUT2D eigenvalue weighted by molar-refractivity contribution is 6.54. The molecule has 0 saturated heterocycles. The van der Waals surface area contributed by atoms with E-state index >= 15 is 0 Å². The van der Waals surface area contributed by atoms with E-state index in [1.54, 1.807) is 0 Å². The predicted molar refractivity (Wildman–Crippen MR) is 121 cm³/mol. The minimum atomic E-state index is -3.43. The molecule has 0 atom stereocenters. The van der Waals surface area contributed by atoms with Gasteiger partial charge >= 0.3 is 9.05 Å². The lowest BCUT2D eigenvalue weighted by atomic mass is 10.0. The third-order valence-corrected chi connectivity index (χ3v) is 9.67. The highest BCUT2D eigenvalue weighted by atomic mass is 28.4. The maximum Gasteiger partial charge on any atom is 0.681 e. The first-order valence-electron chi connectivity index (χ1n) is 11.8. The minimum Gasteiger partial charge on any atom is -0.348 e. The average Bonchev–Trinajstić information content (AvgIpc) is 2.71. The van der Waals surface area contributed by atoms with Crippen molar-refractivity contribution < 1.29 is 17.7 Å². The first kappa shape index (κ1) is 28.1. The molecule has 28 heavy (non-hydrogen) atoms. The van der Waals surface area contributed by atoms with Crippen molar-refractivity contribution in [2.75, 3.05) is 0 Å². The van der Waals surface area contributed by atoms with Crippen LogP contribution in [0.5, 0.6) is 0 Å². The van der Waals surface area contributed by atoms with Crippen LogP contribution >= 0.6 is 0 Å². The molecule has 0 fully saturated rings. The summed E-state index contributed by atoms with van der Waals surface area (Å²) < 4.78 is 27.2. The van der Waals surface area contributed by atoms with Gasteiger partial charge in [0.05, 0.1) is 22.9 Å². The van der Waals surface area contributed by atoms with Crippen molar-refractivity contribution in [2.45, 2.75) is 150 Å². The normalized spacial score (nSPS) is 14.1. The van der Waals surface area contributed by atoms with Crippen LogP contribution < -0.4 is 0 Å². The summed E-state index contributed by atoms with van der Waals surface area (Å²) in [7, 11) is -3.43. The van der Waals surface area contributed by atoms with Crippen LogP contribution in [-0.4, -0.2) is 32.0 Å². The van der Waals surface area contributed by atoms with E-state index in [0.717, 1.165) is 51.4 Å². The van der Waals surface area contributed by atoms with E-state index in [1.807, 2.05) is 0 Å². The molecule has 0 aromatic heterocycles. The zero-order chi connectivity index (χ0) is 22.1. The van der Waals surface area contributed by atoms with Gasteiger partial charge in [-0.1, -0.05) is 55.4 Å². The fourth-order valence-electron chi connectivity index (χ4n) is 2.88. The van der Waals surface area contributed by atoms with Gasteiger partial charge in [-0.15, -0.1) is 0 Å². The Balaban J connectivity index is 6.36. The number of hydrogen-bond donors (Lipinski definition) is 0. The van der Waals surface area contributed by atoms with Crippen LogP contribution in [0.3, 0.4) is 0 Å². The molecule has 0 aromatic rings. The number of rotatable bonds is 16. The Morgan fingerprint density at radius 3 is 0.964 bits per heavy atom. The number of hydrogen-bond acceptors (Lipinski definition) is 4. The second-order valence-electron chi connectivity index (χ2n) is 8.83. The first-order valence-corrected chi connectivity index (χ1v) is 13.4. The van der Waals surface area contributed by atoms with Gasteiger partial charge in [-0.25, -0.2) is 0 Å². The van der Waals surface area contributed by atoms with Crippen molar-refractivity contribution >= 4 is 9.05 Å². The van der Waals surface area contributed by atoms with Crippen molar-refractivity contribution in [3.05, 3.63) is 0 Å². The summed E-state index contributed by atoms with van der Waals surface area (Å²) in [5, 5.41) is 0. The zero-order valence-electron chi connectivity index (χ0n) is 20.9. The molecule has 0 aliphatic rings. The van der Waals surface area contributed by atoms with Crippen LogP contribution in [0.2, 0.25) is 0 Å². The third kappa shape index (κ3) is 8.06. The van der Waals surface area contributed by atoms with Crippen LogP contribution in [0, 0.1) is 0 Å². The lowest BCUT2D eigenvalue weighted by molar-refractivity contribution is -0.167. The molecule has 0 radical (unpaired) electrons. The van der Waals surface area contributed by atoms with Gasteiger partial charge in [-0.05, 0) is 72.1 Å². The maximum absolute atomic E-state index is 6.83. The van der Waals surface area contributed by atoms with E-state index in [9.17, 15) is 0 Å². The van der Waals surface area contributed by atoms with E-state index in [4.69, 9.17) is 17.7 Å². The van der Waals surface area contributed by atoms with Crippen molar-refractivity contribution in [1.29, 1.82) is 0 Å². The summed E-state index contributed by atoms with van der Waals surface area (Å²) in [5.41, 5.74) is -0.991. The lowest BCUT2D eigenvalue weighted by Gasteiger charge is -2.46. The summed E-state index contributed by atoms with van der Waals surface area (Å²) in [6, 6.07) is 0. The Bertz CT molecular complexity index is 361. The Hall–Kier alpha value is 0.0569. The van der Waals surface area contributed by atoms with E-state index in [1.165, 1.54) is 0 Å². The molecule has 170 valence electrons. The van der Waals surface area contributed by atoms with Gasteiger partial charge < -0.3 is 17.7 Å². The Kier molecular flexibility index (Phi) is 12.1.